The molecule has 180 valence electrons. The van der Waals surface area contributed by atoms with Crippen LogP contribution in [0.2, 0.25) is 0 Å². The normalized spacial score (nSPS) is 25.3. The van der Waals surface area contributed by atoms with Gasteiger partial charge in [0.05, 0.1) is 17.6 Å². The molecule has 1 fully saturated rings. The second kappa shape index (κ2) is 7.73. The van der Waals surface area contributed by atoms with Gasteiger partial charge in [0.2, 0.25) is 17.7 Å². The van der Waals surface area contributed by atoms with Crippen molar-refractivity contribution < 1.29 is 19.1 Å². The molecule has 3 unspecified atom stereocenters. The molecule has 4 aliphatic rings. The second-order valence-electron chi connectivity index (χ2n) is 10.0. The van der Waals surface area contributed by atoms with Crippen LogP contribution in [-0.2, 0) is 43.8 Å². The van der Waals surface area contributed by atoms with Gasteiger partial charge in [-0.3, -0.25) is 14.4 Å². The van der Waals surface area contributed by atoms with Crippen molar-refractivity contribution in [2.75, 3.05) is 23.8 Å². The molecule has 8 nitrogen and oxygen atoms in total. The van der Waals surface area contributed by atoms with Crippen LogP contribution >= 0.6 is 0 Å². The number of rotatable bonds is 3. The minimum Gasteiger partial charge on any atom is -0.366 e. The Labute approximate surface area is 207 Å². The summed E-state index contributed by atoms with van der Waals surface area (Å²) in [6.07, 6.45) is 3.45. The number of carbonyl (C=O) groups is 3. The first-order valence-corrected chi connectivity index (χ1v) is 12.2. The largest absolute Gasteiger partial charge is 0.366 e. The lowest BCUT2D eigenvalue weighted by Gasteiger charge is -2.37. The van der Waals surface area contributed by atoms with E-state index in [4.69, 9.17) is 4.74 Å². The molecule has 1 aromatic heterocycles. The summed E-state index contributed by atoms with van der Waals surface area (Å²) in [7, 11) is 0. The van der Waals surface area contributed by atoms with Gasteiger partial charge in [0.15, 0.2) is 0 Å². The molecule has 7 rings (SSSR count). The first-order valence-electron chi connectivity index (χ1n) is 12.2. The van der Waals surface area contributed by atoms with Crippen molar-refractivity contribution in [3.63, 3.8) is 0 Å². The van der Waals surface area contributed by atoms with Gasteiger partial charge in [0.1, 0.15) is 19.0 Å². The van der Waals surface area contributed by atoms with E-state index in [-0.39, 0.29) is 43.0 Å². The quantitative estimate of drug-likeness (QED) is 0.600. The molecule has 1 spiro atoms. The van der Waals surface area contributed by atoms with Crippen molar-refractivity contribution in [3.8, 4) is 0 Å². The van der Waals surface area contributed by atoms with Crippen molar-refractivity contribution in [2.24, 2.45) is 0 Å². The Kier molecular flexibility index (Phi) is 4.56. The number of benzene rings is 2. The van der Waals surface area contributed by atoms with Gasteiger partial charge in [-0.1, -0.05) is 36.4 Å². The monoisotopic (exact) mass is 480 g/mol. The molecule has 2 N–H and O–H groups in total. The molecule has 36 heavy (non-hydrogen) atoms. The number of morpholine rings is 1. The lowest BCUT2D eigenvalue weighted by molar-refractivity contribution is -0.157. The predicted molar refractivity (Wildman–Crippen MR) is 131 cm³/mol. The highest BCUT2D eigenvalue weighted by Crippen LogP contribution is 2.47. The number of aromatic nitrogens is 1. The van der Waals surface area contributed by atoms with Crippen LogP contribution in [0.1, 0.15) is 33.9 Å². The van der Waals surface area contributed by atoms with Crippen LogP contribution in [-0.4, -0.2) is 46.9 Å². The summed E-state index contributed by atoms with van der Waals surface area (Å²) in [5.41, 5.74) is 5.27. The topological polar surface area (TPSA) is 101 Å². The van der Waals surface area contributed by atoms with Gasteiger partial charge >= 0.3 is 0 Å². The van der Waals surface area contributed by atoms with Gasteiger partial charge in [-0.05, 0) is 53.3 Å². The zero-order valence-corrected chi connectivity index (χ0v) is 19.5. The summed E-state index contributed by atoms with van der Waals surface area (Å²) in [5.74, 6) is 0.161. The summed E-state index contributed by atoms with van der Waals surface area (Å²) in [5, 5.41) is 5.89. The molecule has 3 aromatic rings. The van der Waals surface area contributed by atoms with Gasteiger partial charge in [-0.15, -0.1) is 0 Å². The SMILES string of the molecule is O=C(CN1C(=O)COC2Cc3ccccc3C21)Nc1ccc2c(c1)CC1(C2)C(=O)Nc2ncccc21. The summed E-state index contributed by atoms with van der Waals surface area (Å²) in [6, 6.07) is 17.4. The molecule has 1 saturated heterocycles. The fraction of sp³-hybridized carbons (Fsp3) is 0.286. The zero-order valence-electron chi connectivity index (χ0n) is 19.5. The molecule has 2 aromatic carbocycles. The minimum absolute atomic E-state index is 0.0121. The van der Waals surface area contributed by atoms with Gasteiger partial charge < -0.3 is 20.3 Å². The van der Waals surface area contributed by atoms with E-state index in [1.54, 1.807) is 11.1 Å². The van der Waals surface area contributed by atoms with Crippen LogP contribution in [0.15, 0.2) is 60.8 Å². The van der Waals surface area contributed by atoms with E-state index in [9.17, 15) is 14.4 Å². The van der Waals surface area contributed by atoms with E-state index in [0.717, 1.165) is 34.2 Å². The maximum absolute atomic E-state index is 13.1. The molecule has 0 radical (unpaired) electrons. The molecule has 3 atom stereocenters. The molecule has 3 heterocycles. The predicted octanol–water partition coefficient (Wildman–Crippen LogP) is 2.53. The number of anilines is 2. The van der Waals surface area contributed by atoms with Crippen molar-refractivity contribution >= 4 is 29.2 Å². The third-order valence-corrected chi connectivity index (χ3v) is 8.00. The number of nitrogens with one attached hydrogen (secondary N) is 2. The molecule has 3 amide bonds. The highest BCUT2D eigenvalue weighted by atomic mass is 16.5. The average molecular weight is 481 g/mol. The molecule has 8 heteroatoms. The number of nitrogens with zero attached hydrogens (tertiary/aromatic N) is 2. The lowest BCUT2D eigenvalue weighted by atomic mass is 9.79. The summed E-state index contributed by atoms with van der Waals surface area (Å²) >= 11 is 0. The van der Waals surface area contributed by atoms with E-state index in [0.29, 0.717) is 24.3 Å². The van der Waals surface area contributed by atoms with E-state index in [1.807, 2.05) is 48.5 Å². The number of amides is 3. The molecule has 2 aliphatic heterocycles. The number of pyridine rings is 1. The zero-order chi connectivity index (χ0) is 24.4. The highest BCUT2D eigenvalue weighted by molar-refractivity contribution is 6.06. The maximum atomic E-state index is 13.1. The van der Waals surface area contributed by atoms with E-state index in [1.165, 1.54) is 0 Å². The maximum Gasteiger partial charge on any atom is 0.249 e. The fourth-order valence-corrected chi connectivity index (χ4v) is 6.36. The first-order chi connectivity index (χ1) is 17.5. The van der Waals surface area contributed by atoms with Crippen LogP contribution in [0.4, 0.5) is 11.5 Å². The fourth-order valence-electron chi connectivity index (χ4n) is 6.36. The Morgan fingerprint density at radius 1 is 1.08 bits per heavy atom. The molecule has 0 bridgehead atoms. The van der Waals surface area contributed by atoms with E-state index < -0.39 is 5.41 Å². The molecular formula is C28H24N4O4. The molecule has 2 aliphatic carbocycles. The van der Waals surface area contributed by atoms with Crippen LogP contribution in [0.25, 0.3) is 0 Å². The van der Waals surface area contributed by atoms with Crippen molar-refractivity contribution in [2.45, 2.75) is 36.8 Å². The summed E-state index contributed by atoms with van der Waals surface area (Å²) in [6.45, 7) is -0.0536. The Hall–Kier alpha value is -4.04. The number of hydrogen-bond acceptors (Lipinski definition) is 5. The minimum atomic E-state index is -0.653. The number of ether oxygens (including phenoxy) is 1. The number of carbonyl (C=O) groups excluding carboxylic acids is 3. The van der Waals surface area contributed by atoms with Gasteiger partial charge in [0, 0.05) is 23.9 Å². The van der Waals surface area contributed by atoms with E-state index in [2.05, 4.69) is 21.7 Å². The number of fused-ring (bicyclic) bond motifs is 6. The van der Waals surface area contributed by atoms with Gasteiger partial charge in [-0.2, -0.15) is 0 Å². The number of hydrogen-bond donors (Lipinski definition) is 2. The Morgan fingerprint density at radius 2 is 1.94 bits per heavy atom. The van der Waals surface area contributed by atoms with Crippen molar-refractivity contribution in [3.05, 3.63) is 88.6 Å². The Bertz CT molecular complexity index is 1450. The van der Waals surface area contributed by atoms with Crippen LogP contribution in [0, 0.1) is 0 Å². The van der Waals surface area contributed by atoms with Gasteiger partial charge in [-0.25, -0.2) is 4.98 Å². The van der Waals surface area contributed by atoms with E-state index >= 15 is 0 Å². The average Bonchev–Trinajstić information content (AvgIpc) is 3.52. The Morgan fingerprint density at radius 3 is 2.86 bits per heavy atom. The van der Waals surface area contributed by atoms with Crippen molar-refractivity contribution in [1.29, 1.82) is 0 Å². The third kappa shape index (κ3) is 3.10. The van der Waals surface area contributed by atoms with Crippen LogP contribution in [0.5, 0.6) is 0 Å². The van der Waals surface area contributed by atoms with Crippen molar-refractivity contribution in [1.82, 2.24) is 9.88 Å². The van der Waals surface area contributed by atoms with Gasteiger partial charge in [0.25, 0.3) is 0 Å². The standard InChI is InChI=1S/C28H24N4O4/c33-23(14-32-24(34)15-36-22-11-16-4-1-2-5-20(16)25(22)32)30-19-8-7-17-12-28(13-18(17)10-19)21-6-3-9-29-26(21)31-27(28)35/h1-10,22,25H,11-15H2,(H,30,33)(H,29,31,35). The van der Waals surface area contributed by atoms with Crippen LogP contribution < -0.4 is 10.6 Å². The molecular weight excluding hydrogens is 456 g/mol. The highest BCUT2D eigenvalue weighted by Gasteiger charge is 2.51. The summed E-state index contributed by atoms with van der Waals surface area (Å²) < 4.78 is 5.80. The van der Waals surface area contributed by atoms with Crippen LogP contribution in [0.3, 0.4) is 0 Å². The smallest absolute Gasteiger partial charge is 0.249 e. The Balaban J connectivity index is 1.10. The lowest BCUT2D eigenvalue weighted by Crippen LogP contribution is -2.50. The first kappa shape index (κ1) is 21.3. The third-order valence-electron chi connectivity index (χ3n) is 8.00. The molecule has 0 saturated carbocycles. The summed E-state index contributed by atoms with van der Waals surface area (Å²) in [4.78, 5) is 44.7. The second-order valence-corrected chi connectivity index (χ2v) is 10.0.